The van der Waals surface area contributed by atoms with Gasteiger partial charge in [-0.3, -0.25) is 9.80 Å². The van der Waals surface area contributed by atoms with Crippen LogP contribution in [-0.4, -0.2) is 4.98 Å². The number of fused-ring (bicyclic) bond motifs is 4. The molecule has 4 aliphatic rings. The minimum atomic E-state index is 0.411. The van der Waals surface area contributed by atoms with E-state index in [4.69, 9.17) is 4.98 Å². The second kappa shape index (κ2) is 18.9. The Hall–Kier alpha value is -8.04. The number of para-hydroxylation sites is 4. The summed E-state index contributed by atoms with van der Waals surface area (Å²) in [7, 11) is 0. The Kier molecular flexibility index (Phi) is 11.6. The Morgan fingerprint density at radius 3 is 0.931 bits per heavy atom. The number of pyridine rings is 1. The molecule has 9 aromatic rings. The van der Waals surface area contributed by atoms with Crippen molar-refractivity contribution >= 4 is 116 Å². The van der Waals surface area contributed by atoms with Crippen LogP contribution >= 0.6 is 47.0 Å². The number of rotatable bonds is 8. The lowest BCUT2D eigenvalue weighted by atomic mass is 10.0. The van der Waals surface area contributed by atoms with Gasteiger partial charge >= 0.3 is 0 Å². The van der Waals surface area contributed by atoms with Crippen molar-refractivity contribution in [2.24, 2.45) is 0 Å². The molecule has 0 radical (unpaired) electrons. The molecular formula is C62H40N6S4. The fraction of sp³-hybridized carbons (Fsp3) is 0. The van der Waals surface area contributed by atoms with Crippen molar-refractivity contribution in [3.05, 3.63) is 268 Å². The third kappa shape index (κ3) is 7.61. The first-order valence-corrected chi connectivity index (χ1v) is 27.0. The summed E-state index contributed by atoms with van der Waals surface area (Å²) in [6, 6.07) is 79.2. The smallest absolute Gasteiger partial charge is 0.166 e. The quantitative estimate of drug-likeness (QED) is 0.147. The second-order valence-corrected chi connectivity index (χ2v) is 20.7. The van der Waals surface area contributed by atoms with E-state index in [9.17, 15) is 5.26 Å². The summed E-state index contributed by atoms with van der Waals surface area (Å²) in [6.07, 6.45) is 0. The molecule has 0 aliphatic carbocycles. The van der Waals surface area contributed by atoms with E-state index in [1.54, 1.807) is 47.0 Å². The molecular weight excluding hydrogens is 957 g/mol. The highest BCUT2D eigenvalue weighted by molar-refractivity contribution is 8.03. The Morgan fingerprint density at radius 2 is 0.583 bits per heavy atom. The monoisotopic (exact) mass is 996 g/mol. The first kappa shape index (κ1) is 43.9. The van der Waals surface area contributed by atoms with Gasteiger partial charge in [-0.15, -0.1) is 0 Å². The number of aromatic nitrogens is 1. The summed E-state index contributed by atoms with van der Waals surface area (Å²) in [6.45, 7) is 0. The first-order chi connectivity index (χ1) is 35.7. The fourth-order valence-electron chi connectivity index (χ4n) is 9.72. The lowest BCUT2D eigenvalue weighted by Gasteiger charge is -2.43. The second-order valence-electron chi connectivity index (χ2n) is 17.1. The van der Waals surface area contributed by atoms with Crippen LogP contribution in [0.1, 0.15) is 27.8 Å². The zero-order chi connectivity index (χ0) is 48.0. The maximum Gasteiger partial charge on any atom is 0.166 e. The van der Waals surface area contributed by atoms with Crippen LogP contribution in [0.3, 0.4) is 0 Å². The van der Waals surface area contributed by atoms with Crippen LogP contribution < -0.4 is 19.6 Å². The molecule has 0 N–H and O–H groups in total. The van der Waals surface area contributed by atoms with E-state index < -0.39 is 0 Å². The predicted octanol–water partition coefficient (Wildman–Crippen LogP) is 17.9. The maximum absolute atomic E-state index is 12.5. The van der Waals surface area contributed by atoms with Crippen molar-refractivity contribution in [3.8, 4) is 6.07 Å². The average molecular weight is 997 g/mol. The molecule has 0 spiro atoms. The van der Waals surface area contributed by atoms with Gasteiger partial charge in [0.1, 0.15) is 17.3 Å². The zero-order valence-corrected chi connectivity index (χ0v) is 41.7. The van der Waals surface area contributed by atoms with E-state index >= 15 is 0 Å². The predicted molar refractivity (Wildman–Crippen MR) is 304 cm³/mol. The topological polar surface area (TPSA) is 49.6 Å². The van der Waals surface area contributed by atoms with Crippen LogP contribution in [-0.2, 0) is 0 Å². The van der Waals surface area contributed by atoms with E-state index in [-0.39, 0.29) is 0 Å². The summed E-state index contributed by atoms with van der Waals surface area (Å²) < 4.78 is 0. The van der Waals surface area contributed by atoms with E-state index in [1.807, 2.05) is 6.07 Å². The van der Waals surface area contributed by atoms with Crippen molar-refractivity contribution in [1.82, 2.24) is 4.98 Å². The molecule has 1 aromatic heterocycles. The van der Waals surface area contributed by atoms with Gasteiger partial charge in [0.15, 0.2) is 11.6 Å². The number of nitrogens with zero attached hydrogens (tertiary/aromatic N) is 6. The van der Waals surface area contributed by atoms with Gasteiger partial charge < -0.3 is 9.80 Å². The van der Waals surface area contributed by atoms with Crippen LogP contribution in [0, 0.1) is 11.3 Å². The standard InChI is InChI=1S/C62H40N6S4/c63-37-46-59(65-47-29-13-17-33-55(47)69-38-51(65)42-21-5-1-6-22-42)60(66-48-30-14-18-34-56(48)70-39-52(66)43-23-7-2-8-24-43)62(68-50-32-16-20-36-58(50)72-41-54(68)45-27-11-4-12-28-45)64-61(46)67-49-31-15-19-35-57(49)71-40-53(67)44-25-9-3-10-26-44/h1-36,38-41H. The van der Waals surface area contributed by atoms with Gasteiger partial charge in [-0.1, -0.05) is 217 Å². The van der Waals surface area contributed by atoms with Gasteiger partial charge in [0.2, 0.25) is 0 Å². The number of anilines is 8. The van der Waals surface area contributed by atoms with E-state index in [0.29, 0.717) is 22.9 Å². The zero-order valence-electron chi connectivity index (χ0n) is 38.4. The van der Waals surface area contributed by atoms with Crippen molar-refractivity contribution in [2.45, 2.75) is 19.6 Å². The summed E-state index contributed by atoms with van der Waals surface area (Å²) >= 11 is 6.80. The molecule has 4 aliphatic heterocycles. The molecule has 0 saturated carbocycles. The molecule has 6 nitrogen and oxygen atoms in total. The Bertz CT molecular complexity index is 3740. The molecule has 0 unspecified atom stereocenters. The van der Waals surface area contributed by atoms with Gasteiger partial charge in [-0.2, -0.15) is 5.26 Å². The minimum absolute atomic E-state index is 0.411. The highest BCUT2D eigenvalue weighted by Gasteiger charge is 2.42. The summed E-state index contributed by atoms with van der Waals surface area (Å²) in [5.74, 6) is 1.15. The summed E-state index contributed by atoms with van der Waals surface area (Å²) in [5, 5.41) is 21.4. The fourth-order valence-corrected chi connectivity index (χ4v) is 13.4. The van der Waals surface area contributed by atoms with E-state index in [1.165, 1.54) is 0 Å². The van der Waals surface area contributed by atoms with E-state index in [2.05, 4.69) is 260 Å². The molecule has 8 aromatic carbocycles. The van der Waals surface area contributed by atoms with Crippen molar-refractivity contribution in [2.75, 3.05) is 19.6 Å². The van der Waals surface area contributed by atoms with Gasteiger partial charge in [-0.25, -0.2) is 4.98 Å². The largest absolute Gasteiger partial charge is 0.305 e. The van der Waals surface area contributed by atoms with Gasteiger partial charge in [0.25, 0.3) is 0 Å². The van der Waals surface area contributed by atoms with Crippen LogP contribution in [0.25, 0.3) is 22.8 Å². The molecule has 13 rings (SSSR count). The van der Waals surface area contributed by atoms with Crippen LogP contribution in [0.15, 0.2) is 260 Å². The lowest BCUT2D eigenvalue weighted by molar-refractivity contribution is 1.08. The van der Waals surface area contributed by atoms with Crippen LogP contribution in [0.2, 0.25) is 0 Å². The molecule has 0 fully saturated rings. The van der Waals surface area contributed by atoms with Crippen molar-refractivity contribution < 1.29 is 0 Å². The van der Waals surface area contributed by atoms with Crippen LogP contribution in [0.4, 0.5) is 45.8 Å². The number of hydrogen-bond donors (Lipinski definition) is 0. The molecule has 0 amide bonds. The van der Waals surface area contributed by atoms with E-state index in [0.717, 1.165) is 93.1 Å². The molecule has 5 heterocycles. The normalized spacial score (nSPS) is 14.7. The number of benzene rings is 8. The maximum atomic E-state index is 12.5. The number of hydrogen-bond acceptors (Lipinski definition) is 10. The Labute approximate surface area is 436 Å². The molecule has 0 atom stereocenters. The minimum Gasteiger partial charge on any atom is -0.305 e. The number of nitriles is 1. The van der Waals surface area contributed by atoms with Crippen LogP contribution in [0.5, 0.6) is 0 Å². The molecule has 72 heavy (non-hydrogen) atoms. The third-order valence-electron chi connectivity index (χ3n) is 12.9. The highest BCUT2D eigenvalue weighted by atomic mass is 32.2. The molecule has 10 heteroatoms. The average Bonchev–Trinajstić information content (AvgIpc) is 3.46. The van der Waals surface area contributed by atoms with Crippen molar-refractivity contribution in [3.63, 3.8) is 0 Å². The lowest BCUT2D eigenvalue weighted by Crippen LogP contribution is -2.31. The summed E-state index contributed by atoms with van der Waals surface area (Å²) in [4.78, 5) is 19.7. The van der Waals surface area contributed by atoms with Gasteiger partial charge in [0.05, 0.1) is 51.2 Å². The number of thioether (sulfide) groups is 4. The SMILES string of the molecule is N#Cc1c(N2C(c3ccccc3)=CSc3ccccc32)nc(N2C(c3ccccc3)=CSc3ccccc32)c(N2C(c3ccccc3)=CSc3ccccc32)c1N1C(c2ccccc2)=CSc2ccccc21. The first-order valence-electron chi connectivity index (χ1n) is 23.5. The Balaban J connectivity index is 1.25. The van der Waals surface area contributed by atoms with Gasteiger partial charge in [-0.05, 0) is 70.8 Å². The third-order valence-corrected chi connectivity index (χ3v) is 16.7. The molecule has 0 bridgehead atoms. The Morgan fingerprint density at radius 1 is 0.306 bits per heavy atom. The molecule has 0 saturated heterocycles. The highest BCUT2D eigenvalue weighted by Crippen LogP contribution is 2.61. The van der Waals surface area contributed by atoms with Gasteiger partial charge in [0, 0.05) is 41.2 Å². The molecule has 342 valence electrons. The summed E-state index contributed by atoms with van der Waals surface area (Å²) in [5.41, 5.74) is 13.5. The van der Waals surface area contributed by atoms with Crippen molar-refractivity contribution in [1.29, 1.82) is 5.26 Å².